The van der Waals surface area contributed by atoms with Gasteiger partial charge in [0.15, 0.2) is 8.32 Å². The molecule has 1 aromatic carbocycles. The lowest BCUT2D eigenvalue weighted by atomic mass is 10.0. The Balaban J connectivity index is 2.36. The van der Waals surface area contributed by atoms with Crippen molar-refractivity contribution in [3.8, 4) is 0 Å². The zero-order chi connectivity index (χ0) is 18.9. The first kappa shape index (κ1) is 22.3. The van der Waals surface area contributed by atoms with Gasteiger partial charge in [-0.05, 0) is 43.0 Å². The molecule has 1 rings (SSSR count). The van der Waals surface area contributed by atoms with E-state index in [9.17, 15) is 10.2 Å². The molecule has 0 saturated carbocycles. The van der Waals surface area contributed by atoms with E-state index in [1.165, 1.54) is 5.56 Å². The molecule has 0 heterocycles. The minimum absolute atomic E-state index is 0.0990. The summed E-state index contributed by atoms with van der Waals surface area (Å²) in [5, 5.41) is 23.0. The molecule has 0 spiro atoms. The number of benzene rings is 1. The molecule has 3 N–H and O–H groups in total. The van der Waals surface area contributed by atoms with Crippen LogP contribution in [-0.4, -0.2) is 43.9 Å². The first-order chi connectivity index (χ1) is 11.7. The van der Waals surface area contributed by atoms with E-state index in [0.717, 1.165) is 25.9 Å². The van der Waals surface area contributed by atoms with Crippen LogP contribution < -0.4 is 5.32 Å². The highest BCUT2D eigenvalue weighted by molar-refractivity contribution is 6.74. The fourth-order valence-corrected chi connectivity index (χ4v) is 3.50. The van der Waals surface area contributed by atoms with E-state index in [4.69, 9.17) is 4.43 Å². The van der Waals surface area contributed by atoms with E-state index in [2.05, 4.69) is 51.3 Å². The summed E-state index contributed by atoms with van der Waals surface area (Å²) in [6.07, 6.45) is 2.05. The van der Waals surface area contributed by atoms with Gasteiger partial charge in [-0.15, -0.1) is 0 Å². The number of hydrogen-bond donors (Lipinski definition) is 3. The van der Waals surface area contributed by atoms with Crippen molar-refractivity contribution in [2.24, 2.45) is 0 Å². The molecule has 0 aliphatic rings. The normalized spacial score (nSPS) is 15.2. The van der Waals surface area contributed by atoms with Crippen LogP contribution in [0.25, 0.3) is 0 Å². The van der Waals surface area contributed by atoms with Crippen LogP contribution in [0.2, 0.25) is 18.1 Å². The van der Waals surface area contributed by atoms with Crippen molar-refractivity contribution in [2.75, 3.05) is 13.2 Å². The SMILES string of the molecule is CC(C)(C)[Si](C)(C)OCCCC[C@H](NCc1ccccc1)[C@H](O)CO. The van der Waals surface area contributed by atoms with Gasteiger partial charge in [0.05, 0.1) is 12.7 Å². The summed E-state index contributed by atoms with van der Waals surface area (Å²) in [5.74, 6) is 0. The van der Waals surface area contributed by atoms with E-state index < -0.39 is 14.4 Å². The van der Waals surface area contributed by atoms with Gasteiger partial charge in [-0.3, -0.25) is 0 Å². The van der Waals surface area contributed by atoms with Crippen LogP contribution in [0.4, 0.5) is 0 Å². The molecule has 0 bridgehead atoms. The summed E-state index contributed by atoms with van der Waals surface area (Å²) in [6.45, 7) is 12.5. The van der Waals surface area contributed by atoms with Crippen LogP contribution in [0.15, 0.2) is 30.3 Å². The second-order valence-electron chi connectivity index (χ2n) is 8.33. The average Bonchev–Trinajstić information content (AvgIpc) is 2.56. The lowest BCUT2D eigenvalue weighted by molar-refractivity contribution is 0.0582. The van der Waals surface area contributed by atoms with Gasteiger partial charge in [0.1, 0.15) is 0 Å². The third-order valence-electron chi connectivity index (χ3n) is 5.24. The van der Waals surface area contributed by atoms with Crippen molar-refractivity contribution in [2.45, 2.75) is 76.9 Å². The third kappa shape index (κ3) is 8.01. The first-order valence-electron chi connectivity index (χ1n) is 9.37. The van der Waals surface area contributed by atoms with E-state index in [1.807, 2.05) is 18.2 Å². The Morgan fingerprint density at radius 2 is 1.76 bits per heavy atom. The Bertz CT molecular complexity index is 474. The van der Waals surface area contributed by atoms with Crippen molar-refractivity contribution >= 4 is 8.32 Å². The van der Waals surface area contributed by atoms with Crippen LogP contribution in [0.5, 0.6) is 0 Å². The van der Waals surface area contributed by atoms with Gasteiger partial charge < -0.3 is 20.0 Å². The molecule has 2 atom stereocenters. The van der Waals surface area contributed by atoms with Crippen LogP contribution in [0.3, 0.4) is 0 Å². The fourth-order valence-electron chi connectivity index (χ4n) is 2.41. The van der Waals surface area contributed by atoms with E-state index >= 15 is 0 Å². The Labute approximate surface area is 154 Å². The summed E-state index contributed by atoms with van der Waals surface area (Å²) < 4.78 is 6.20. The molecular formula is C20H37NO3Si. The van der Waals surface area contributed by atoms with Crippen molar-refractivity contribution < 1.29 is 14.6 Å². The largest absolute Gasteiger partial charge is 0.417 e. The summed E-state index contributed by atoms with van der Waals surface area (Å²) >= 11 is 0. The third-order valence-corrected chi connectivity index (χ3v) is 9.78. The van der Waals surface area contributed by atoms with Crippen molar-refractivity contribution in [1.29, 1.82) is 0 Å². The molecule has 0 aromatic heterocycles. The molecule has 144 valence electrons. The van der Waals surface area contributed by atoms with Crippen molar-refractivity contribution in [1.82, 2.24) is 5.32 Å². The predicted molar refractivity (Wildman–Crippen MR) is 107 cm³/mol. The van der Waals surface area contributed by atoms with Crippen LogP contribution in [0.1, 0.15) is 45.6 Å². The van der Waals surface area contributed by atoms with Gasteiger partial charge in [-0.1, -0.05) is 51.1 Å². The van der Waals surface area contributed by atoms with Crippen LogP contribution >= 0.6 is 0 Å². The monoisotopic (exact) mass is 367 g/mol. The number of aliphatic hydroxyl groups excluding tert-OH is 2. The van der Waals surface area contributed by atoms with Crippen LogP contribution in [0, 0.1) is 0 Å². The average molecular weight is 368 g/mol. The van der Waals surface area contributed by atoms with Gasteiger partial charge in [-0.25, -0.2) is 0 Å². The molecule has 0 saturated heterocycles. The molecule has 0 aliphatic heterocycles. The minimum Gasteiger partial charge on any atom is -0.417 e. The molecule has 0 amide bonds. The number of rotatable bonds is 11. The smallest absolute Gasteiger partial charge is 0.191 e. The maximum absolute atomic E-state index is 10.1. The van der Waals surface area contributed by atoms with Gasteiger partial charge in [0.25, 0.3) is 0 Å². The minimum atomic E-state index is -1.68. The number of aliphatic hydroxyl groups is 2. The Hall–Kier alpha value is -0.723. The number of hydrogen-bond acceptors (Lipinski definition) is 4. The van der Waals surface area contributed by atoms with E-state index in [1.54, 1.807) is 0 Å². The highest BCUT2D eigenvalue weighted by atomic mass is 28.4. The molecule has 0 unspecified atom stereocenters. The number of nitrogens with one attached hydrogen (secondary N) is 1. The predicted octanol–water partition coefficient (Wildman–Crippen LogP) is 3.69. The first-order valence-corrected chi connectivity index (χ1v) is 12.3. The Kier molecular flexibility index (Phi) is 9.31. The standard InChI is InChI=1S/C20H37NO3Si/c1-20(2,3)25(4,5)24-14-10-9-13-18(19(23)16-22)21-15-17-11-7-6-8-12-17/h6-8,11-12,18-19,21-23H,9-10,13-16H2,1-5H3/t18-,19+/m0/s1. The zero-order valence-electron chi connectivity index (χ0n) is 16.6. The second kappa shape index (κ2) is 10.4. The van der Waals surface area contributed by atoms with Gasteiger partial charge >= 0.3 is 0 Å². The summed E-state index contributed by atoms with van der Waals surface area (Å²) in [7, 11) is -1.68. The molecule has 5 heteroatoms. The molecular weight excluding hydrogens is 330 g/mol. The Morgan fingerprint density at radius 3 is 2.32 bits per heavy atom. The quantitative estimate of drug-likeness (QED) is 0.412. The summed E-state index contributed by atoms with van der Waals surface area (Å²) in [5.41, 5.74) is 1.18. The maximum atomic E-state index is 10.1. The van der Waals surface area contributed by atoms with Crippen molar-refractivity contribution in [3.63, 3.8) is 0 Å². The number of unbranched alkanes of at least 4 members (excludes halogenated alkanes) is 1. The second-order valence-corrected chi connectivity index (χ2v) is 13.1. The van der Waals surface area contributed by atoms with Crippen LogP contribution in [-0.2, 0) is 11.0 Å². The highest BCUT2D eigenvalue weighted by Crippen LogP contribution is 2.36. The topological polar surface area (TPSA) is 61.7 Å². The zero-order valence-corrected chi connectivity index (χ0v) is 17.6. The highest BCUT2D eigenvalue weighted by Gasteiger charge is 2.36. The molecule has 1 aromatic rings. The van der Waals surface area contributed by atoms with Gasteiger partial charge in [0.2, 0.25) is 0 Å². The summed E-state index contributed by atoms with van der Waals surface area (Å²) in [6, 6.07) is 10.0. The maximum Gasteiger partial charge on any atom is 0.191 e. The van der Waals surface area contributed by atoms with Gasteiger partial charge in [-0.2, -0.15) is 0 Å². The molecule has 0 fully saturated rings. The Morgan fingerprint density at radius 1 is 1.12 bits per heavy atom. The van der Waals surface area contributed by atoms with Crippen molar-refractivity contribution in [3.05, 3.63) is 35.9 Å². The van der Waals surface area contributed by atoms with E-state index in [-0.39, 0.29) is 17.7 Å². The van der Waals surface area contributed by atoms with Gasteiger partial charge in [0, 0.05) is 19.2 Å². The van der Waals surface area contributed by atoms with E-state index in [0.29, 0.717) is 6.54 Å². The molecule has 0 radical (unpaired) electrons. The molecule has 0 aliphatic carbocycles. The molecule has 25 heavy (non-hydrogen) atoms. The fraction of sp³-hybridized carbons (Fsp3) is 0.700. The summed E-state index contributed by atoms with van der Waals surface area (Å²) in [4.78, 5) is 0. The molecule has 4 nitrogen and oxygen atoms in total. The lowest BCUT2D eigenvalue weighted by Crippen LogP contribution is -2.42. The lowest BCUT2D eigenvalue weighted by Gasteiger charge is -2.36.